The molecule has 1 amide bonds. The van der Waals surface area contributed by atoms with Crippen LogP contribution in [0.5, 0.6) is 0 Å². The molecule has 1 aliphatic rings. The lowest BCUT2D eigenvalue weighted by atomic mass is 10.1. The predicted molar refractivity (Wildman–Crippen MR) is 73.2 cm³/mol. The normalized spacial score (nSPS) is 19.9. The van der Waals surface area contributed by atoms with Crippen LogP contribution in [-0.4, -0.2) is 37.5 Å². The SMILES string of the molecule is CN1CCC(CNC(=O)c2cc(N)cc(N)c2)C1. The van der Waals surface area contributed by atoms with Crippen molar-refractivity contribution in [3.63, 3.8) is 0 Å². The van der Waals surface area contributed by atoms with E-state index in [-0.39, 0.29) is 5.91 Å². The van der Waals surface area contributed by atoms with Gasteiger partial charge < -0.3 is 21.7 Å². The Bertz CT molecular complexity index is 426. The Kier molecular flexibility index (Phi) is 3.72. The average Bonchev–Trinajstić information content (AvgIpc) is 2.70. The first-order chi connectivity index (χ1) is 8.54. The number of anilines is 2. The van der Waals surface area contributed by atoms with Gasteiger partial charge in [0.25, 0.3) is 5.91 Å². The second-order valence-electron chi connectivity index (χ2n) is 5.02. The second kappa shape index (κ2) is 5.27. The van der Waals surface area contributed by atoms with E-state index in [1.54, 1.807) is 18.2 Å². The molecular formula is C13H20N4O. The molecule has 1 unspecified atom stereocenters. The number of hydrogen-bond acceptors (Lipinski definition) is 4. The van der Waals surface area contributed by atoms with E-state index in [0.29, 0.717) is 29.4 Å². The molecule has 1 aromatic rings. The van der Waals surface area contributed by atoms with E-state index >= 15 is 0 Å². The number of nitrogens with one attached hydrogen (secondary N) is 1. The van der Waals surface area contributed by atoms with Crippen LogP contribution in [0.3, 0.4) is 0 Å². The Hall–Kier alpha value is -1.75. The first-order valence-electron chi connectivity index (χ1n) is 6.17. The predicted octanol–water partition coefficient (Wildman–Crippen LogP) is 0.533. The van der Waals surface area contributed by atoms with Crippen molar-refractivity contribution in [2.24, 2.45) is 5.92 Å². The van der Waals surface area contributed by atoms with Crippen LogP contribution in [0, 0.1) is 5.92 Å². The molecule has 18 heavy (non-hydrogen) atoms. The highest BCUT2D eigenvalue weighted by molar-refractivity contribution is 5.96. The van der Waals surface area contributed by atoms with E-state index in [4.69, 9.17) is 11.5 Å². The number of benzene rings is 1. The molecule has 1 heterocycles. The van der Waals surface area contributed by atoms with Crippen LogP contribution in [0.15, 0.2) is 18.2 Å². The molecule has 1 saturated heterocycles. The van der Waals surface area contributed by atoms with Gasteiger partial charge in [0.2, 0.25) is 0 Å². The van der Waals surface area contributed by atoms with E-state index < -0.39 is 0 Å². The van der Waals surface area contributed by atoms with Gasteiger partial charge in [-0.15, -0.1) is 0 Å². The molecule has 1 fully saturated rings. The third-order valence-corrected chi connectivity index (χ3v) is 3.28. The van der Waals surface area contributed by atoms with Crippen molar-refractivity contribution < 1.29 is 4.79 Å². The van der Waals surface area contributed by atoms with Crippen molar-refractivity contribution in [2.75, 3.05) is 38.1 Å². The van der Waals surface area contributed by atoms with Gasteiger partial charge in [-0.05, 0) is 44.1 Å². The van der Waals surface area contributed by atoms with Crippen LogP contribution in [0.25, 0.3) is 0 Å². The summed E-state index contributed by atoms with van der Waals surface area (Å²) in [7, 11) is 2.10. The second-order valence-corrected chi connectivity index (χ2v) is 5.02. The monoisotopic (exact) mass is 248 g/mol. The zero-order valence-corrected chi connectivity index (χ0v) is 10.6. The van der Waals surface area contributed by atoms with Gasteiger partial charge in [0.05, 0.1) is 0 Å². The molecule has 0 radical (unpaired) electrons. The lowest BCUT2D eigenvalue weighted by Crippen LogP contribution is -2.30. The summed E-state index contributed by atoms with van der Waals surface area (Å²) >= 11 is 0. The highest BCUT2D eigenvalue weighted by Gasteiger charge is 2.20. The molecule has 0 saturated carbocycles. The maximum atomic E-state index is 12.0. The molecule has 0 aliphatic carbocycles. The summed E-state index contributed by atoms with van der Waals surface area (Å²) in [5, 5.41) is 2.94. The third-order valence-electron chi connectivity index (χ3n) is 3.28. The minimum Gasteiger partial charge on any atom is -0.399 e. The summed E-state index contributed by atoms with van der Waals surface area (Å²) in [6, 6.07) is 4.93. The van der Waals surface area contributed by atoms with E-state index in [9.17, 15) is 4.79 Å². The molecule has 1 aromatic carbocycles. The standard InChI is InChI=1S/C13H20N4O/c1-17-3-2-9(8-17)7-16-13(18)10-4-11(14)6-12(15)5-10/h4-6,9H,2-3,7-8,14-15H2,1H3,(H,16,18). The van der Waals surface area contributed by atoms with Crippen LogP contribution in [-0.2, 0) is 0 Å². The Morgan fingerprint density at radius 1 is 1.39 bits per heavy atom. The molecule has 0 bridgehead atoms. The van der Waals surface area contributed by atoms with Crippen LogP contribution < -0.4 is 16.8 Å². The molecule has 5 nitrogen and oxygen atoms in total. The van der Waals surface area contributed by atoms with E-state index in [2.05, 4.69) is 17.3 Å². The van der Waals surface area contributed by atoms with E-state index in [1.807, 2.05) is 0 Å². The fourth-order valence-electron chi connectivity index (χ4n) is 2.34. The molecule has 0 spiro atoms. The largest absolute Gasteiger partial charge is 0.399 e. The van der Waals surface area contributed by atoms with Crippen LogP contribution >= 0.6 is 0 Å². The smallest absolute Gasteiger partial charge is 0.251 e. The number of hydrogen-bond donors (Lipinski definition) is 3. The van der Waals surface area contributed by atoms with Gasteiger partial charge >= 0.3 is 0 Å². The molecule has 5 heteroatoms. The average molecular weight is 248 g/mol. The summed E-state index contributed by atoms with van der Waals surface area (Å²) in [4.78, 5) is 14.2. The number of nitrogen functional groups attached to an aromatic ring is 2. The Morgan fingerprint density at radius 3 is 2.61 bits per heavy atom. The number of likely N-dealkylation sites (tertiary alicyclic amines) is 1. The van der Waals surface area contributed by atoms with Crippen molar-refractivity contribution >= 4 is 17.3 Å². The van der Waals surface area contributed by atoms with Gasteiger partial charge in [-0.3, -0.25) is 4.79 Å². The van der Waals surface area contributed by atoms with Crippen LogP contribution in [0.4, 0.5) is 11.4 Å². The Morgan fingerprint density at radius 2 is 2.06 bits per heavy atom. The van der Waals surface area contributed by atoms with Gasteiger partial charge in [-0.25, -0.2) is 0 Å². The first kappa shape index (κ1) is 12.7. The van der Waals surface area contributed by atoms with Crippen LogP contribution in [0.1, 0.15) is 16.8 Å². The van der Waals surface area contributed by atoms with Gasteiger partial charge in [0, 0.05) is 30.0 Å². The van der Waals surface area contributed by atoms with Crippen molar-refractivity contribution in [1.82, 2.24) is 10.2 Å². The lowest BCUT2D eigenvalue weighted by Gasteiger charge is -2.12. The van der Waals surface area contributed by atoms with Gasteiger partial charge in [-0.1, -0.05) is 0 Å². The fourth-order valence-corrected chi connectivity index (χ4v) is 2.34. The first-order valence-corrected chi connectivity index (χ1v) is 6.17. The molecule has 2 rings (SSSR count). The Labute approximate surface area is 107 Å². The Balaban J connectivity index is 1.91. The maximum absolute atomic E-state index is 12.0. The number of nitrogens with two attached hydrogens (primary N) is 2. The van der Waals surface area contributed by atoms with Crippen molar-refractivity contribution in [3.8, 4) is 0 Å². The summed E-state index contributed by atoms with van der Waals surface area (Å²) in [6.45, 7) is 2.85. The highest BCUT2D eigenvalue weighted by Crippen LogP contribution is 2.15. The summed E-state index contributed by atoms with van der Waals surface area (Å²) in [5.41, 5.74) is 12.9. The fraction of sp³-hybridized carbons (Fsp3) is 0.462. The molecule has 98 valence electrons. The van der Waals surface area contributed by atoms with Crippen molar-refractivity contribution in [1.29, 1.82) is 0 Å². The number of carbonyl (C=O) groups excluding carboxylic acids is 1. The summed E-state index contributed by atoms with van der Waals surface area (Å²) in [5.74, 6) is 0.431. The van der Waals surface area contributed by atoms with Crippen molar-refractivity contribution in [3.05, 3.63) is 23.8 Å². The van der Waals surface area contributed by atoms with E-state index in [0.717, 1.165) is 19.5 Å². The van der Waals surface area contributed by atoms with Gasteiger partial charge in [0.15, 0.2) is 0 Å². The number of amides is 1. The zero-order valence-electron chi connectivity index (χ0n) is 10.6. The molecule has 1 aliphatic heterocycles. The quantitative estimate of drug-likeness (QED) is 0.681. The minimum absolute atomic E-state index is 0.108. The topological polar surface area (TPSA) is 84.4 Å². The minimum atomic E-state index is -0.108. The third kappa shape index (κ3) is 3.13. The van der Waals surface area contributed by atoms with Crippen LogP contribution in [0.2, 0.25) is 0 Å². The summed E-state index contributed by atoms with van der Waals surface area (Å²) in [6.07, 6.45) is 1.13. The molecule has 1 atom stereocenters. The number of carbonyl (C=O) groups is 1. The van der Waals surface area contributed by atoms with Crippen molar-refractivity contribution in [2.45, 2.75) is 6.42 Å². The maximum Gasteiger partial charge on any atom is 0.251 e. The highest BCUT2D eigenvalue weighted by atomic mass is 16.1. The zero-order chi connectivity index (χ0) is 13.1. The van der Waals surface area contributed by atoms with Gasteiger partial charge in [-0.2, -0.15) is 0 Å². The number of rotatable bonds is 3. The van der Waals surface area contributed by atoms with E-state index in [1.165, 1.54) is 0 Å². The summed E-state index contributed by atoms with van der Waals surface area (Å²) < 4.78 is 0. The molecule has 5 N–H and O–H groups in total. The number of nitrogens with zero attached hydrogens (tertiary/aromatic N) is 1. The van der Waals surface area contributed by atoms with Gasteiger partial charge in [0.1, 0.15) is 0 Å². The molecular weight excluding hydrogens is 228 g/mol. The molecule has 0 aromatic heterocycles. The lowest BCUT2D eigenvalue weighted by molar-refractivity contribution is 0.0947.